The van der Waals surface area contributed by atoms with Gasteiger partial charge in [0.2, 0.25) is 0 Å². The molecule has 1 fully saturated rings. The predicted octanol–water partition coefficient (Wildman–Crippen LogP) is 1.58. The van der Waals surface area contributed by atoms with Crippen molar-refractivity contribution in [1.29, 1.82) is 0 Å². The maximum atomic E-state index is 12.6. The minimum absolute atomic E-state index is 0.164. The molecule has 1 aromatic rings. The number of benzene rings is 1. The van der Waals surface area contributed by atoms with Gasteiger partial charge < -0.3 is 14.5 Å². The van der Waals surface area contributed by atoms with Gasteiger partial charge in [-0.05, 0) is 18.2 Å². The van der Waals surface area contributed by atoms with Crippen LogP contribution in [0, 0.1) is 0 Å². The molecular weight excluding hydrogens is 306 g/mol. The van der Waals surface area contributed by atoms with E-state index in [9.17, 15) is 4.79 Å². The lowest BCUT2D eigenvalue weighted by Gasteiger charge is -2.42. The number of likely N-dealkylation sites (N-methyl/N-ethyl adjacent to an activating group) is 1. The summed E-state index contributed by atoms with van der Waals surface area (Å²) in [5, 5.41) is 10.9. The van der Waals surface area contributed by atoms with E-state index in [4.69, 9.17) is 21.5 Å². The van der Waals surface area contributed by atoms with Crippen LogP contribution in [0.1, 0.15) is 0 Å². The van der Waals surface area contributed by atoms with Gasteiger partial charge in [-0.3, -0.25) is 4.84 Å². The summed E-state index contributed by atoms with van der Waals surface area (Å²) in [7, 11) is 3.57. The Balaban J connectivity index is 2.04. The van der Waals surface area contributed by atoms with E-state index in [0.717, 1.165) is 17.6 Å². The molecule has 22 heavy (non-hydrogen) atoms. The second-order valence-electron chi connectivity index (χ2n) is 5.74. The number of aliphatic hydroxyl groups is 1. The third-order valence-corrected chi connectivity index (χ3v) is 4.36. The van der Waals surface area contributed by atoms with Crippen molar-refractivity contribution in [3.8, 4) is 0 Å². The molecule has 1 aromatic carbocycles. The standard InChI is InChI=1S/C15H23ClN3O3/c1-19(10-11-20)8-6-17(7-9-19)15(21)18(22-2)14-5-3-4-13(16)12-14/h3-5,12,20H,6-11H2,1-2H3/q+1. The molecule has 1 aliphatic rings. The molecule has 1 saturated heterocycles. The van der Waals surface area contributed by atoms with Crippen LogP contribution in [-0.4, -0.2) is 74.0 Å². The van der Waals surface area contributed by atoms with Crippen molar-refractivity contribution in [3.63, 3.8) is 0 Å². The van der Waals surface area contributed by atoms with Crippen molar-refractivity contribution >= 4 is 23.3 Å². The molecule has 0 radical (unpaired) electrons. The number of quaternary nitrogens is 1. The van der Waals surface area contributed by atoms with E-state index < -0.39 is 0 Å². The molecule has 0 aromatic heterocycles. The monoisotopic (exact) mass is 328 g/mol. The van der Waals surface area contributed by atoms with Crippen LogP contribution in [0.5, 0.6) is 0 Å². The highest BCUT2D eigenvalue weighted by atomic mass is 35.5. The second-order valence-corrected chi connectivity index (χ2v) is 6.18. The first-order chi connectivity index (χ1) is 10.5. The number of halogens is 1. The van der Waals surface area contributed by atoms with Gasteiger partial charge >= 0.3 is 6.03 Å². The Hall–Kier alpha value is -1.34. The van der Waals surface area contributed by atoms with Gasteiger partial charge in [-0.15, -0.1) is 0 Å². The summed E-state index contributed by atoms with van der Waals surface area (Å²) in [6.07, 6.45) is 0. The SMILES string of the molecule is CON(C(=O)N1CC[N+](C)(CCO)CC1)c1cccc(Cl)c1. The van der Waals surface area contributed by atoms with Gasteiger partial charge in [0.1, 0.15) is 6.54 Å². The Kier molecular flexibility index (Phi) is 5.63. The smallest absolute Gasteiger partial charge is 0.349 e. The number of amides is 2. The quantitative estimate of drug-likeness (QED) is 0.674. The van der Waals surface area contributed by atoms with Crippen LogP contribution in [-0.2, 0) is 4.84 Å². The van der Waals surface area contributed by atoms with Gasteiger partial charge in [0.15, 0.2) is 0 Å². The molecule has 122 valence electrons. The number of aliphatic hydroxyl groups excluding tert-OH is 1. The average Bonchev–Trinajstić information content (AvgIpc) is 2.49. The zero-order valence-electron chi connectivity index (χ0n) is 13.0. The zero-order valence-corrected chi connectivity index (χ0v) is 13.8. The van der Waals surface area contributed by atoms with Crippen molar-refractivity contribution in [2.24, 2.45) is 0 Å². The molecular formula is C15H23ClN3O3+. The molecule has 1 aliphatic heterocycles. The lowest BCUT2D eigenvalue weighted by molar-refractivity contribution is -0.913. The molecule has 0 aliphatic carbocycles. The summed E-state index contributed by atoms with van der Waals surface area (Å²) >= 11 is 5.98. The van der Waals surface area contributed by atoms with E-state index in [0.29, 0.717) is 30.3 Å². The first-order valence-corrected chi connectivity index (χ1v) is 7.70. The summed E-state index contributed by atoms with van der Waals surface area (Å²) in [6, 6.07) is 6.81. The highest BCUT2D eigenvalue weighted by Gasteiger charge is 2.33. The molecule has 6 nitrogen and oxygen atoms in total. The van der Waals surface area contributed by atoms with E-state index in [2.05, 4.69) is 7.05 Å². The van der Waals surface area contributed by atoms with Crippen molar-refractivity contribution in [2.45, 2.75) is 0 Å². The number of rotatable bonds is 4. The maximum Gasteiger partial charge on any atom is 0.349 e. The third-order valence-electron chi connectivity index (χ3n) is 4.13. The van der Waals surface area contributed by atoms with Gasteiger partial charge in [0.05, 0.1) is 52.6 Å². The fraction of sp³-hybridized carbons (Fsp3) is 0.533. The van der Waals surface area contributed by atoms with Gasteiger partial charge in [0, 0.05) is 5.02 Å². The molecule has 2 amide bonds. The lowest BCUT2D eigenvalue weighted by Crippen LogP contribution is -2.60. The van der Waals surface area contributed by atoms with Crippen LogP contribution < -0.4 is 5.06 Å². The number of hydrogen-bond donors (Lipinski definition) is 1. The topological polar surface area (TPSA) is 53.0 Å². The highest BCUT2D eigenvalue weighted by Crippen LogP contribution is 2.21. The molecule has 1 heterocycles. The molecule has 0 unspecified atom stereocenters. The number of nitrogens with zero attached hydrogens (tertiary/aromatic N) is 3. The van der Waals surface area contributed by atoms with E-state index in [1.165, 1.54) is 12.2 Å². The van der Waals surface area contributed by atoms with Gasteiger partial charge in [-0.25, -0.2) is 4.79 Å². The number of carbonyl (C=O) groups excluding carboxylic acids is 1. The first kappa shape index (κ1) is 17.0. The highest BCUT2D eigenvalue weighted by molar-refractivity contribution is 6.30. The van der Waals surface area contributed by atoms with Crippen LogP contribution >= 0.6 is 11.6 Å². The minimum atomic E-state index is -0.194. The molecule has 7 heteroatoms. The van der Waals surface area contributed by atoms with Gasteiger partial charge in [-0.1, -0.05) is 17.7 Å². The van der Waals surface area contributed by atoms with Crippen LogP contribution in [0.15, 0.2) is 24.3 Å². The van der Waals surface area contributed by atoms with E-state index >= 15 is 0 Å². The summed E-state index contributed by atoms with van der Waals surface area (Å²) in [4.78, 5) is 19.6. The molecule has 2 rings (SSSR count). The number of urea groups is 1. The first-order valence-electron chi connectivity index (χ1n) is 7.32. The normalized spacial score (nSPS) is 17.4. The zero-order chi connectivity index (χ0) is 16.2. The number of anilines is 1. The van der Waals surface area contributed by atoms with Crippen LogP contribution in [0.4, 0.5) is 10.5 Å². The molecule has 0 bridgehead atoms. The molecule has 0 atom stereocenters. The van der Waals surface area contributed by atoms with Crippen LogP contribution in [0.25, 0.3) is 0 Å². The molecule has 1 N–H and O–H groups in total. The van der Waals surface area contributed by atoms with E-state index in [1.54, 1.807) is 29.2 Å². The lowest BCUT2D eigenvalue weighted by atomic mass is 10.2. The van der Waals surface area contributed by atoms with Gasteiger partial charge in [-0.2, -0.15) is 5.06 Å². The van der Waals surface area contributed by atoms with Gasteiger partial charge in [0.25, 0.3) is 0 Å². The predicted molar refractivity (Wildman–Crippen MR) is 85.8 cm³/mol. The summed E-state index contributed by atoms with van der Waals surface area (Å²) in [6.45, 7) is 3.78. The molecule has 0 spiro atoms. The number of hydroxylamine groups is 1. The van der Waals surface area contributed by atoms with E-state index in [1.807, 2.05) is 0 Å². The minimum Gasteiger partial charge on any atom is -0.391 e. The Morgan fingerprint density at radius 1 is 1.45 bits per heavy atom. The van der Waals surface area contributed by atoms with Crippen molar-refractivity contribution in [3.05, 3.63) is 29.3 Å². The summed E-state index contributed by atoms with van der Waals surface area (Å²) in [5.41, 5.74) is 0.609. The fourth-order valence-corrected chi connectivity index (χ4v) is 2.81. The number of hydrogen-bond acceptors (Lipinski definition) is 3. The third kappa shape index (κ3) is 3.89. The summed E-state index contributed by atoms with van der Waals surface area (Å²) in [5.74, 6) is 0. The Bertz CT molecular complexity index is 519. The fourth-order valence-electron chi connectivity index (χ4n) is 2.63. The van der Waals surface area contributed by atoms with Crippen LogP contribution in [0.2, 0.25) is 5.02 Å². The van der Waals surface area contributed by atoms with E-state index in [-0.39, 0.29) is 12.6 Å². The second kappa shape index (κ2) is 7.28. The Morgan fingerprint density at radius 2 is 2.14 bits per heavy atom. The maximum absolute atomic E-state index is 12.6. The van der Waals surface area contributed by atoms with Crippen molar-refractivity contribution in [1.82, 2.24) is 4.90 Å². The Morgan fingerprint density at radius 3 is 2.68 bits per heavy atom. The largest absolute Gasteiger partial charge is 0.391 e. The molecule has 0 saturated carbocycles. The average molecular weight is 329 g/mol. The van der Waals surface area contributed by atoms with Crippen molar-refractivity contribution in [2.75, 3.05) is 58.6 Å². The van der Waals surface area contributed by atoms with Crippen LogP contribution in [0.3, 0.4) is 0 Å². The summed E-state index contributed by atoms with van der Waals surface area (Å²) < 4.78 is 0.782. The number of carbonyl (C=O) groups is 1. The number of piperazine rings is 1. The van der Waals surface area contributed by atoms with Crippen molar-refractivity contribution < 1.29 is 19.2 Å². The Labute approximate surface area is 136 Å².